The fourth-order valence-electron chi connectivity index (χ4n) is 3.51. The van der Waals surface area contributed by atoms with Crippen LogP contribution in [-0.4, -0.2) is 13.6 Å². The lowest BCUT2D eigenvalue weighted by atomic mass is 9.56. The molecule has 2 rings (SSSR count). The molecule has 2 aliphatic carbocycles. The average molecular weight is 207 g/mol. The van der Waals surface area contributed by atoms with Crippen molar-refractivity contribution in [2.45, 2.75) is 51.9 Å². The van der Waals surface area contributed by atoms with Crippen molar-refractivity contribution in [2.24, 2.45) is 11.3 Å². The Bertz CT molecular complexity index is 236. The molecule has 1 N–H and O–H groups in total. The van der Waals surface area contributed by atoms with Gasteiger partial charge in [0.2, 0.25) is 0 Å². The first-order valence-electron chi connectivity index (χ1n) is 6.65. The number of hydrogen-bond acceptors (Lipinski definition) is 1. The standard InChI is InChI=1S/C14H25N/c1-3-12-9-14(10-12,11-15-2)13-7-5-4-6-8-13/h7,12,15H,3-6,8-11H2,1-2H3. The lowest BCUT2D eigenvalue weighted by Gasteiger charge is -2.50. The molecule has 0 aromatic rings. The fourth-order valence-corrected chi connectivity index (χ4v) is 3.51. The molecule has 2 aliphatic rings. The van der Waals surface area contributed by atoms with Crippen LogP contribution >= 0.6 is 0 Å². The first kappa shape index (κ1) is 11.2. The van der Waals surface area contributed by atoms with Crippen molar-refractivity contribution in [3.05, 3.63) is 11.6 Å². The zero-order valence-corrected chi connectivity index (χ0v) is 10.3. The van der Waals surface area contributed by atoms with Crippen molar-refractivity contribution >= 4 is 0 Å². The van der Waals surface area contributed by atoms with Gasteiger partial charge in [0.25, 0.3) is 0 Å². The summed E-state index contributed by atoms with van der Waals surface area (Å²) >= 11 is 0. The van der Waals surface area contributed by atoms with Gasteiger partial charge in [-0.3, -0.25) is 0 Å². The maximum Gasteiger partial charge on any atom is 0.00424 e. The second-order valence-electron chi connectivity index (χ2n) is 5.47. The Hall–Kier alpha value is -0.300. The molecule has 0 heterocycles. The molecule has 1 heteroatoms. The van der Waals surface area contributed by atoms with E-state index >= 15 is 0 Å². The first-order valence-corrected chi connectivity index (χ1v) is 6.65. The maximum absolute atomic E-state index is 3.41. The van der Waals surface area contributed by atoms with E-state index in [9.17, 15) is 0 Å². The number of allylic oxidation sites excluding steroid dienone is 1. The van der Waals surface area contributed by atoms with Crippen LogP contribution in [0.3, 0.4) is 0 Å². The molecule has 0 aliphatic heterocycles. The van der Waals surface area contributed by atoms with E-state index in [0.29, 0.717) is 5.41 Å². The van der Waals surface area contributed by atoms with E-state index in [4.69, 9.17) is 0 Å². The number of nitrogens with one attached hydrogen (secondary N) is 1. The molecule has 0 spiro atoms. The fraction of sp³-hybridized carbons (Fsp3) is 0.857. The van der Waals surface area contributed by atoms with Crippen LogP contribution in [0.5, 0.6) is 0 Å². The van der Waals surface area contributed by atoms with Gasteiger partial charge in [-0.2, -0.15) is 0 Å². The highest BCUT2D eigenvalue weighted by Crippen LogP contribution is 2.53. The van der Waals surface area contributed by atoms with Crippen LogP contribution in [0.1, 0.15) is 51.9 Å². The van der Waals surface area contributed by atoms with Gasteiger partial charge in [-0.05, 0) is 51.5 Å². The van der Waals surface area contributed by atoms with Crippen molar-refractivity contribution in [3.63, 3.8) is 0 Å². The largest absolute Gasteiger partial charge is 0.319 e. The summed E-state index contributed by atoms with van der Waals surface area (Å²) in [6, 6.07) is 0. The number of rotatable bonds is 4. The van der Waals surface area contributed by atoms with Crippen molar-refractivity contribution in [1.29, 1.82) is 0 Å². The van der Waals surface area contributed by atoms with E-state index in [0.717, 1.165) is 5.92 Å². The zero-order valence-electron chi connectivity index (χ0n) is 10.3. The molecule has 0 bridgehead atoms. The molecule has 15 heavy (non-hydrogen) atoms. The Labute approximate surface area is 94.3 Å². The lowest BCUT2D eigenvalue weighted by Crippen LogP contribution is -2.45. The molecule has 86 valence electrons. The van der Waals surface area contributed by atoms with E-state index in [1.54, 1.807) is 5.57 Å². The summed E-state index contributed by atoms with van der Waals surface area (Å²) in [6.07, 6.45) is 12.3. The Morgan fingerprint density at radius 2 is 2.20 bits per heavy atom. The summed E-state index contributed by atoms with van der Waals surface area (Å²) in [5.41, 5.74) is 2.35. The van der Waals surface area contributed by atoms with Crippen LogP contribution in [0, 0.1) is 11.3 Å². The van der Waals surface area contributed by atoms with E-state index in [1.165, 1.54) is 51.5 Å². The van der Waals surface area contributed by atoms with E-state index in [-0.39, 0.29) is 0 Å². The van der Waals surface area contributed by atoms with Gasteiger partial charge in [0, 0.05) is 12.0 Å². The average Bonchev–Trinajstić information content (AvgIpc) is 2.24. The quantitative estimate of drug-likeness (QED) is 0.696. The van der Waals surface area contributed by atoms with E-state index < -0.39 is 0 Å². The predicted octanol–water partition coefficient (Wildman–Crippen LogP) is 3.51. The van der Waals surface area contributed by atoms with Crippen LogP contribution in [0.2, 0.25) is 0 Å². The zero-order chi connectivity index (χ0) is 10.7. The lowest BCUT2D eigenvalue weighted by molar-refractivity contribution is 0.0868. The number of hydrogen-bond donors (Lipinski definition) is 1. The third kappa shape index (κ3) is 2.13. The third-order valence-electron chi connectivity index (χ3n) is 4.42. The van der Waals surface area contributed by atoms with Gasteiger partial charge >= 0.3 is 0 Å². The highest BCUT2D eigenvalue weighted by Gasteiger charge is 2.45. The normalized spacial score (nSPS) is 35.9. The highest BCUT2D eigenvalue weighted by molar-refractivity contribution is 5.22. The summed E-state index contributed by atoms with van der Waals surface area (Å²) in [7, 11) is 2.10. The molecule has 0 saturated heterocycles. The van der Waals surface area contributed by atoms with Crippen molar-refractivity contribution in [2.75, 3.05) is 13.6 Å². The highest BCUT2D eigenvalue weighted by atomic mass is 14.8. The Morgan fingerprint density at radius 3 is 2.73 bits per heavy atom. The molecule has 1 saturated carbocycles. The Balaban J connectivity index is 2.03. The Kier molecular flexibility index (Phi) is 3.50. The molecule has 1 fully saturated rings. The summed E-state index contributed by atoms with van der Waals surface area (Å²) < 4.78 is 0. The van der Waals surface area contributed by atoms with Crippen LogP contribution in [-0.2, 0) is 0 Å². The van der Waals surface area contributed by atoms with Crippen molar-refractivity contribution in [3.8, 4) is 0 Å². The third-order valence-corrected chi connectivity index (χ3v) is 4.42. The van der Waals surface area contributed by atoms with E-state index in [2.05, 4.69) is 25.4 Å². The molecule has 0 unspecified atom stereocenters. The van der Waals surface area contributed by atoms with Gasteiger partial charge in [-0.1, -0.05) is 25.0 Å². The molecule has 1 nitrogen and oxygen atoms in total. The van der Waals surface area contributed by atoms with Crippen LogP contribution in [0.4, 0.5) is 0 Å². The van der Waals surface area contributed by atoms with Crippen molar-refractivity contribution in [1.82, 2.24) is 5.32 Å². The minimum atomic E-state index is 0.565. The van der Waals surface area contributed by atoms with Crippen LogP contribution in [0.15, 0.2) is 11.6 Å². The van der Waals surface area contributed by atoms with E-state index in [1.807, 2.05) is 0 Å². The molecule has 0 atom stereocenters. The summed E-state index contributed by atoms with van der Waals surface area (Å²) in [5.74, 6) is 1.00. The molecule has 0 aromatic carbocycles. The van der Waals surface area contributed by atoms with Crippen molar-refractivity contribution < 1.29 is 0 Å². The summed E-state index contributed by atoms with van der Waals surface area (Å²) in [6.45, 7) is 3.54. The predicted molar refractivity (Wildman–Crippen MR) is 65.9 cm³/mol. The minimum absolute atomic E-state index is 0.565. The topological polar surface area (TPSA) is 12.0 Å². The molecule has 0 amide bonds. The van der Waals surface area contributed by atoms with Crippen LogP contribution < -0.4 is 5.32 Å². The first-order chi connectivity index (χ1) is 7.30. The molecular weight excluding hydrogens is 182 g/mol. The SMILES string of the molecule is CCC1CC(CNC)(C2=CCCCC2)C1. The minimum Gasteiger partial charge on any atom is -0.319 e. The molecule has 0 aromatic heterocycles. The monoisotopic (exact) mass is 207 g/mol. The molecule has 0 radical (unpaired) electrons. The smallest absolute Gasteiger partial charge is 0.00424 e. The van der Waals surface area contributed by atoms with Gasteiger partial charge < -0.3 is 5.32 Å². The van der Waals surface area contributed by atoms with Gasteiger partial charge in [0.1, 0.15) is 0 Å². The maximum atomic E-state index is 3.41. The van der Waals surface area contributed by atoms with Crippen LogP contribution in [0.25, 0.3) is 0 Å². The van der Waals surface area contributed by atoms with Gasteiger partial charge in [-0.15, -0.1) is 0 Å². The Morgan fingerprint density at radius 1 is 1.40 bits per heavy atom. The second-order valence-corrected chi connectivity index (χ2v) is 5.47. The van der Waals surface area contributed by atoms with Gasteiger partial charge in [0.05, 0.1) is 0 Å². The molecular formula is C14H25N. The summed E-state index contributed by atoms with van der Waals surface area (Å²) in [4.78, 5) is 0. The summed E-state index contributed by atoms with van der Waals surface area (Å²) in [5, 5.41) is 3.41. The van der Waals surface area contributed by atoms with Gasteiger partial charge in [-0.25, -0.2) is 0 Å². The van der Waals surface area contributed by atoms with Gasteiger partial charge in [0.15, 0.2) is 0 Å². The second kappa shape index (κ2) is 4.69.